The van der Waals surface area contributed by atoms with Crippen molar-refractivity contribution in [2.45, 2.75) is 37.4 Å². The Morgan fingerprint density at radius 2 is 2.24 bits per heavy atom. The molecule has 1 aliphatic heterocycles. The minimum absolute atomic E-state index is 0.0264. The highest BCUT2D eigenvalue weighted by Crippen LogP contribution is 2.21. The van der Waals surface area contributed by atoms with Crippen molar-refractivity contribution in [1.29, 1.82) is 0 Å². The second kappa shape index (κ2) is 6.91. The van der Waals surface area contributed by atoms with Crippen LogP contribution >= 0.6 is 0 Å². The van der Waals surface area contributed by atoms with Crippen molar-refractivity contribution in [2.75, 3.05) is 33.7 Å². The summed E-state index contributed by atoms with van der Waals surface area (Å²) >= 11 is 0. The zero-order valence-corrected chi connectivity index (χ0v) is 13.8. The quantitative estimate of drug-likeness (QED) is 0.816. The molecule has 0 aromatic carbocycles. The lowest BCUT2D eigenvalue weighted by Crippen LogP contribution is -2.39. The maximum Gasteiger partial charge on any atom is 0.276 e. The molecule has 1 unspecified atom stereocenters. The summed E-state index contributed by atoms with van der Waals surface area (Å²) in [6.07, 6.45) is 2.17. The van der Waals surface area contributed by atoms with E-state index < -0.39 is 10.0 Å². The molecule has 120 valence electrons. The number of sulfonamides is 1. The molecule has 0 amide bonds. The van der Waals surface area contributed by atoms with Gasteiger partial charge in [0.05, 0.1) is 6.54 Å². The Bertz CT molecular complexity index is 556. The molecule has 0 saturated carbocycles. The first-order valence-electron chi connectivity index (χ1n) is 7.41. The molecular formula is C14H25N3O3S. The van der Waals surface area contributed by atoms with Crippen molar-refractivity contribution in [3.8, 4) is 0 Å². The molecule has 1 aliphatic rings. The molecule has 1 atom stereocenters. The number of nitrogens with zero attached hydrogens (tertiary/aromatic N) is 2. The Balaban J connectivity index is 2.04. The van der Waals surface area contributed by atoms with Crippen LogP contribution in [0.3, 0.4) is 0 Å². The summed E-state index contributed by atoms with van der Waals surface area (Å²) in [7, 11) is 0.118. The van der Waals surface area contributed by atoms with Crippen molar-refractivity contribution in [3.05, 3.63) is 17.9 Å². The molecule has 6 nitrogen and oxygen atoms in total. The van der Waals surface area contributed by atoms with Gasteiger partial charge in [-0.15, -0.1) is 0 Å². The number of hydrogen-bond donors (Lipinski definition) is 1. The van der Waals surface area contributed by atoms with Gasteiger partial charge in [0.25, 0.3) is 10.0 Å². The van der Waals surface area contributed by atoms with Crippen LogP contribution in [0.5, 0.6) is 0 Å². The summed E-state index contributed by atoms with van der Waals surface area (Å²) < 4.78 is 31.9. The largest absolute Gasteiger partial charge is 0.447 e. The number of nitrogens with one attached hydrogen (secondary N) is 1. The van der Waals surface area contributed by atoms with Gasteiger partial charge in [-0.2, -0.15) is 4.31 Å². The fraction of sp³-hybridized carbons (Fsp3) is 0.714. The van der Waals surface area contributed by atoms with Crippen LogP contribution in [0.1, 0.15) is 25.5 Å². The molecule has 1 fully saturated rings. The third-order valence-electron chi connectivity index (χ3n) is 3.99. The van der Waals surface area contributed by atoms with Gasteiger partial charge in [-0.25, -0.2) is 8.42 Å². The maximum absolute atomic E-state index is 12.5. The summed E-state index contributed by atoms with van der Waals surface area (Å²) in [6.45, 7) is 4.89. The third-order valence-corrected chi connectivity index (χ3v) is 5.69. The zero-order valence-electron chi connectivity index (χ0n) is 13.0. The van der Waals surface area contributed by atoms with E-state index in [0.29, 0.717) is 24.9 Å². The lowest BCUT2D eigenvalue weighted by molar-refractivity contribution is 0.268. The fourth-order valence-electron chi connectivity index (χ4n) is 2.60. The molecule has 0 bridgehead atoms. The van der Waals surface area contributed by atoms with E-state index in [1.54, 1.807) is 13.1 Å². The third kappa shape index (κ3) is 3.85. The van der Waals surface area contributed by atoms with Gasteiger partial charge in [0, 0.05) is 19.6 Å². The average molecular weight is 315 g/mol. The van der Waals surface area contributed by atoms with E-state index in [4.69, 9.17) is 4.42 Å². The Labute approximate surface area is 127 Å². The number of likely N-dealkylation sites (N-methyl/N-ethyl adjacent to an activating group) is 2. The zero-order chi connectivity index (χ0) is 15.5. The van der Waals surface area contributed by atoms with Crippen molar-refractivity contribution in [3.63, 3.8) is 0 Å². The van der Waals surface area contributed by atoms with E-state index in [-0.39, 0.29) is 5.09 Å². The molecule has 2 rings (SSSR count). The smallest absolute Gasteiger partial charge is 0.276 e. The Morgan fingerprint density at radius 3 is 2.86 bits per heavy atom. The minimum atomic E-state index is -3.54. The predicted octanol–water partition coefficient (Wildman–Crippen LogP) is 1.10. The Hall–Kier alpha value is -0.890. The van der Waals surface area contributed by atoms with Gasteiger partial charge < -0.3 is 14.6 Å². The molecule has 2 heterocycles. The molecule has 1 aromatic rings. The van der Waals surface area contributed by atoms with Crippen LogP contribution in [-0.4, -0.2) is 57.4 Å². The maximum atomic E-state index is 12.5. The van der Waals surface area contributed by atoms with E-state index >= 15 is 0 Å². The van der Waals surface area contributed by atoms with Crippen LogP contribution in [0.15, 0.2) is 21.6 Å². The van der Waals surface area contributed by atoms with Crippen LogP contribution in [0.2, 0.25) is 0 Å². The van der Waals surface area contributed by atoms with E-state index in [1.807, 2.05) is 14.0 Å². The van der Waals surface area contributed by atoms with E-state index in [0.717, 1.165) is 25.9 Å². The number of likely N-dealkylation sites (tertiary alicyclic amines) is 1. The monoisotopic (exact) mass is 315 g/mol. The van der Waals surface area contributed by atoms with Crippen LogP contribution in [0.4, 0.5) is 0 Å². The highest BCUT2D eigenvalue weighted by molar-refractivity contribution is 7.89. The summed E-state index contributed by atoms with van der Waals surface area (Å²) in [5, 5.41) is 3.14. The molecule has 0 aliphatic carbocycles. The molecule has 7 heteroatoms. The summed E-state index contributed by atoms with van der Waals surface area (Å²) in [6, 6.07) is 3.54. The summed E-state index contributed by atoms with van der Waals surface area (Å²) in [4.78, 5) is 2.21. The molecule has 0 spiro atoms. The fourth-order valence-corrected chi connectivity index (χ4v) is 3.73. The lowest BCUT2D eigenvalue weighted by Gasteiger charge is -2.24. The summed E-state index contributed by atoms with van der Waals surface area (Å²) in [5.74, 6) is 0.641. The van der Waals surface area contributed by atoms with Gasteiger partial charge in [-0.05, 0) is 45.1 Å². The number of furan rings is 1. The van der Waals surface area contributed by atoms with Gasteiger partial charge in [-0.3, -0.25) is 0 Å². The molecule has 1 aromatic heterocycles. The Morgan fingerprint density at radius 1 is 1.48 bits per heavy atom. The normalized spacial score (nSPS) is 20.5. The first-order chi connectivity index (χ1) is 9.95. The van der Waals surface area contributed by atoms with E-state index in [2.05, 4.69) is 10.2 Å². The molecule has 0 radical (unpaired) electrons. The van der Waals surface area contributed by atoms with Crippen molar-refractivity contribution in [2.24, 2.45) is 0 Å². The van der Waals surface area contributed by atoms with Crippen LogP contribution in [-0.2, 0) is 16.6 Å². The second-order valence-electron chi connectivity index (χ2n) is 5.56. The SMILES string of the molecule is CCNCc1ccc(S(=O)(=O)N(C)CC2CCCN2C)o1. The average Bonchev–Trinajstić information content (AvgIpc) is 3.06. The van der Waals surface area contributed by atoms with E-state index in [1.165, 1.54) is 10.4 Å². The van der Waals surface area contributed by atoms with E-state index in [9.17, 15) is 8.42 Å². The number of hydrogen-bond acceptors (Lipinski definition) is 5. The molecular weight excluding hydrogens is 290 g/mol. The molecule has 21 heavy (non-hydrogen) atoms. The van der Waals surface area contributed by atoms with Crippen LogP contribution in [0, 0.1) is 0 Å². The standard InChI is InChI=1S/C14H25N3O3S/c1-4-15-10-13-7-8-14(20-13)21(18,19)17(3)11-12-6-5-9-16(12)2/h7-8,12,15H,4-6,9-11H2,1-3H3. The predicted molar refractivity (Wildman–Crippen MR) is 81.6 cm³/mol. The van der Waals surface area contributed by atoms with Gasteiger partial charge in [0.1, 0.15) is 5.76 Å². The van der Waals surface area contributed by atoms with Crippen molar-refractivity contribution in [1.82, 2.24) is 14.5 Å². The van der Waals surface area contributed by atoms with Gasteiger partial charge in [0.2, 0.25) is 5.09 Å². The van der Waals surface area contributed by atoms with Crippen LogP contribution < -0.4 is 5.32 Å². The topological polar surface area (TPSA) is 65.8 Å². The summed E-state index contributed by atoms with van der Waals surface area (Å²) in [5.41, 5.74) is 0. The highest BCUT2D eigenvalue weighted by atomic mass is 32.2. The second-order valence-corrected chi connectivity index (χ2v) is 7.54. The van der Waals surface area contributed by atoms with Gasteiger partial charge in [-0.1, -0.05) is 6.92 Å². The first-order valence-corrected chi connectivity index (χ1v) is 8.85. The number of rotatable bonds is 7. The van der Waals surface area contributed by atoms with Gasteiger partial charge >= 0.3 is 0 Å². The minimum Gasteiger partial charge on any atom is -0.447 e. The van der Waals surface area contributed by atoms with Crippen LogP contribution in [0.25, 0.3) is 0 Å². The molecule has 1 N–H and O–H groups in total. The first kappa shape index (κ1) is 16.5. The Kier molecular flexibility index (Phi) is 5.43. The molecule has 1 saturated heterocycles. The van der Waals surface area contributed by atoms with Gasteiger partial charge in [0.15, 0.2) is 0 Å². The van der Waals surface area contributed by atoms with Crippen molar-refractivity contribution >= 4 is 10.0 Å². The van der Waals surface area contributed by atoms with Crippen molar-refractivity contribution < 1.29 is 12.8 Å². The highest BCUT2D eigenvalue weighted by Gasteiger charge is 2.29. The lowest BCUT2D eigenvalue weighted by atomic mass is 10.2.